The molecule has 0 aliphatic heterocycles. The molecule has 2 atom stereocenters. The summed E-state index contributed by atoms with van der Waals surface area (Å²) in [6.07, 6.45) is 3.42. The predicted molar refractivity (Wildman–Crippen MR) is 98.1 cm³/mol. The van der Waals surface area contributed by atoms with E-state index in [4.69, 9.17) is 0 Å². The summed E-state index contributed by atoms with van der Waals surface area (Å²) < 4.78 is 1.64. The van der Waals surface area contributed by atoms with Gasteiger partial charge in [0.25, 0.3) is 0 Å². The number of urea groups is 1. The SMILES string of the molecule is Cc1cccc([C@H](NC(=O)N[C@H](CO)c2cnn(C)c2)C(C)(C)C)c1. The largest absolute Gasteiger partial charge is 0.394 e. The van der Waals surface area contributed by atoms with Crippen LogP contribution < -0.4 is 10.6 Å². The van der Waals surface area contributed by atoms with Crippen molar-refractivity contribution in [2.24, 2.45) is 12.5 Å². The van der Waals surface area contributed by atoms with Gasteiger partial charge in [-0.2, -0.15) is 5.10 Å². The van der Waals surface area contributed by atoms with E-state index in [9.17, 15) is 9.90 Å². The van der Waals surface area contributed by atoms with E-state index in [1.165, 1.54) is 0 Å². The van der Waals surface area contributed by atoms with Gasteiger partial charge >= 0.3 is 6.03 Å². The van der Waals surface area contributed by atoms with E-state index in [1.54, 1.807) is 24.1 Å². The van der Waals surface area contributed by atoms with Gasteiger partial charge in [-0.25, -0.2) is 4.79 Å². The molecule has 3 N–H and O–H groups in total. The van der Waals surface area contributed by atoms with Crippen LogP contribution in [0.15, 0.2) is 36.7 Å². The molecule has 0 saturated heterocycles. The Morgan fingerprint density at radius 2 is 2.00 bits per heavy atom. The number of nitrogens with one attached hydrogen (secondary N) is 2. The van der Waals surface area contributed by atoms with Crippen LogP contribution in [-0.2, 0) is 7.05 Å². The molecule has 1 heterocycles. The number of aromatic nitrogens is 2. The number of rotatable bonds is 5. The minimum absolute atomic E-state index is 0.152. The normalized spacial score (nSPS) is 14.0. The molecule has 6 nitrogen and oxygen atoms in total. The Morgan fingerprint density at radius 3 is 2.52 bits per heavy atom. The summed E-state index contributed by atoms with van der Waals surface area (Å²) >= 11 is 0. The third-order valence-corrected chi connectivity index (χ3v) is 4.13. The first-order valence-corrected chi connectivity index (χ1v) is 8.43. The number of aliphatic hydroxyl groups is 1. The summed E-state index contributed by atoms with van der Waals surface area (Å²) in [5.41, 5.74) is 2.82. The van der Waals surface area contributed by atoms with Crippen LogP contribution >= 0.6 is 0 Å². The van der Waals surface area contributed by atoms with Gasteiger partial charge < -0.3 is 15.7 Å². The molecule has 1 aromatic carbocycles. The van der Waals surface area contributed by atoms with Crippen LogP contribution in [0.5, 0.6) is 0 Å². The summed E-state index contributed by atoms with van der Waals surface area (Å²) in [6, 6.07) is 7.17. The van der Waals surface area contributed by atoms with Crippen molar-refractivity contribution in [3.8, 4) is 0 Å². The van der Waals surface area contributed by atoms with Crippen molar-refractivity contribution in [2.45, 2.75) is 39.8 Å². The quantitative estimate of drug-likeness (QED) is 0.780. The number of amides is 2. The van der Waals surface area contributed by atoms with Gasteiger partial charge in [0, 0.05) is 18.8 Å². The van der Waals surface area contributed by atoms with Crippen LogP contribution in [0.3, 0.4) is 0 Å². The minimum Gasteiger partial charge on any atom is -0.394 e. The van der Waals surface area contributed by atoms with Gasteiger partial charge in [-0.3, -0.25) is 4.68 Å². The number of benzene rings is 1. The first kappa shape index (κ1) is 19.0. The maximum absolute atomic E-state index is 12.5. The number of aryl methyl sites for hydroxylation is 2. The van der Waals surface area contributed by atoms with Crippen molar-refractivity contribution in [3.63, 3.8) is 0 Å². The summed E-state index contributed by atoms with van der Waals surface area (Å²) in [7, 11) is 1.80. The molecule has 0 aliphatic rings. The zero-order valence-electron chi connectivity index (χ0n) is 15.6. The summed E-state index contributed by atoms with van der Waals surface area (Å²) in [4.78, 5) is 12.5. The van der Waals surface area contributed by atoms with E-state index in [2.05, 4.69) is 42.6 Å². The molecule has 0 fully saturated rings. The molecule has 0 spiro atoms. The zero-order valence-corrected chi connectivity index (χ0v) is 15.6. The average molecular weight is 344 g/mol. The molecule has 0 unspecified atom stereocenters. The maximum atomic E-state index is 12.5. The number of hydrogen-bond donors (Lipinski definition) is 3. The fourth-order valence-corrected chi connectivity index (χ4v) is 2.83. The van der Waals surface area contributed by atoms with Crippen LogP contribution in [0.1, 0.15) is 49.5 Å². The molecule has 0 radical (unpaired) electrons. The topological polar surface area (TPSA) is 79.2 Å². The van der Waals surface area contributed by atoms with Gasteiger partial charge in [-0.15, -0.1) is 0 Å². The van der Waals surface area contributed by atoms with Gasteiger partial charge in [0.1, 0.15) is 0 Å². The fraction of sp³-hybridized carbons (Fsp3) is 0.474. The van der Waals surface area contributed by atoms with Crippen molar-refractivity contribution < 1.29 is 9.90 Å². The Labute approximate surface area is 149 Å². The lowest BCUT2D eigenvalue weighted by atomic mass is 9.82. The highest BCUT2D eigenvalue weighted by molar-refractivity contribution is 5.75. The van der Waals surface area contributed by atoms with E-state index in [-0.39, 0.29) is 24.1 Å². The fourth-order valence-electron chi connectivity index (χ4n) is 2.83. The molecular formula is C19H28N4O2. The Morgan fingerprint density at radius 1 is 1.28 bits per heavy atom. The number of aliphatic hydroxyl groups excluding tert-OH is 1. The van der Waals surface area contributed by atoms with E-state index in [0.29, 0.717) is 0 Å². The van der Waals surface area contributed by atoms with Crippen molar-refractivity contribution >= 4 is 6.03 Å². The van der Waals surface area contributed by atoms with E-state index >= 15 is 0 Å². The van der Waals surface area contributed by atoms with Gasteiger partial charge in [0.05, 0.1) is 24.9 Å². The molecule has 0 saturated carbocycles. The molecule has 0 aliphatic carbocycles. The standard InChI is InChI=1S/C19H28N4O2/c1-13-7-6-8-14(9-13)17(19(2,3)4)22-18(25)21-16(12-24)15-10-20-23(5)11-15/h6-11,16-17,24H,12H2,1-5H3,(H2,21,22,25)/t16-,17+/m1/s1. The average Bonchev–Trinajstić information content (AvgIpc) is 2.95. The van der Waals surface area contributed by atoms with Crippen LogP contribution in [0.2, 0.25) is 0 Å². The maximum Gasteiger partial charge on any atom is 0.315 e. The van der Waals surface area contributed by atoms with Gasteiger partial charge in [-0.1, -0.05) is 50.6 Å². The summed E-state index contributed by atoms with van der Waals surface area (Å²) in [5, 5.41) is 19.6. The first-order valence-electron chi connectivity index (χ1n) is 8.43. The second-order valence-electron chi connectivity index (χ2n) is 7.51. The van der Waals surface area contributed by atoms with Crippen LogP contribution in [0, 0.1) is 12.3 Å². The van der Waals surface area contributed by atoms with Gasteiger partial charge in [-0.05, 0) is 17.9 Å². The zero-order chi connectivity index (χ0) is 18.6. The predicted octanol–water partition coefficient (Wildman–Crippen LogP) is 2.85. The molecular weight excluding hydrogens is 316 g/mol. The molecule has 6 heteroatoms. The third kappa shape index (κ3) is 5.06. The van der Waals surface area contributed by atoms with Crippen molar-refractivity contribution in [3.05, 3.63) is 53.3 Å². The summed E-state index contributed by atoms with van der Waals surface area (Å²) in [5.74, 6) is 0. The molecule has 2 aromatic rings. The number of nitrogens with zero attached hydrogens (tertiary/aromatic N) is 2. The minimum atomic E-state index is -0.494. The van der Waals surface area contributed by atoms with Crippen molar-refractivity contribution in [1.82, 2.24) is 20.4 Å². The molecule has 136 valence electrons. The van der Waals surface area contributed by atoms with Gasteiger partial charge in [0.2, 0.25) is 0 Å². The van der Waals surface area contributed by atoms with Crippen LogP contribution in [0.25, 0.3) is 0 Å². The highest BCUT2D eigenvalue weighted by Crippen LogP contribution is 2.33. The van der Waals surface area contributed by atoms with E-state index in [1.807, 2.05) is 25.1 Å². The number of carbonyl (C=O) groups excluding carboxylic acids is 1. The lowest BCUT2D eigenvalue weighted by Gasteiger charge is -2.32. The van der Waals surface area contributed by atoms with Gasteiger partial charge in [0.15, 0.2) is 0 Å². The van der Waals surface area contributed by atoms with Crippen molar-refractivity contribution in [1.29, 1.82) is 0 Å². The Kier molecular flexibility index (Phi) is 5.85. The Hall–Kier alpha value is -2.34. The molecule has 2 amide bonds. The number of carbonyl (C=O) groups is 1. The van der Waals surface area contributed by atoms with Crippen LogP contribution in [0.4, 0.5) is 4.79 Å². The second kappa shape index (κ2) is 7.70. The lowest BCUT2D eigenvalue weighted by Crippen LogP contribution is -2.44. The molecule has 2 rings (SSSR count). The monoisotopic (exact) mass is 344 g/mol. The first-order chi connectivity index (χ1) is 11.7. The lowest BCUT2D eigenvalue weighted by molar-refractivity contribution is 0.201. The highest BCUT2D eigenvalue weighted by Gasteiger charge is 2.28. The molecule has 0 bridgehead atoms. The summed E-state index contributed by atoms with van der Waals surface area (Å²) in [6.45, 7) is 8.11. The smallest absolute Gasteiger partial charge is 0.315 e. The molecule has 25 heavy (non-hydrogen) atoms. The second-order valence-corrected chi connectivity index (χ2v) is 7.51. The Bertz CT molecular complexity index is 718. The number of hydrogen-bond acceptors (Lipinski definition) is 3. The van der Waals surface area contributed by atoms with Crippen molar-refractivity contribution in [2.75, 3.05) is 6.61 Å². The van der Waals surface area contributed by atoms with E-state index in [0.717, 1.165) is 16.7 Å². The molecule has 1 aromatic heterocycles. The highest BCUT2D eigenvalue weighted by atomic mass is 16.3. The van der Waals surface area contributed by atoms with E-state index < -0.39 is 6.04 Å². The van der Waals surface area contributed by atoms with Crippen LogP contribution in [-0.4, -0.2) is 27.5 Å². The Balaban J connectivity index is 2.14. The third-order valence-electron chi connectivity index (χ3n) is 4.13.